The van der Waals surface area contributed by atoms with Crippen molar-refractivity contribution in [1.82, 2.24) is 0 Å². The summed E-state index contributed by atoms with van der Waals surface area (Å²) in [4.78, 5) is 0. The monoisotopic (exact) mass is 496 g/mol. The Morgan fingerprint density at radius 2 is 1.57 bits per heavy atom. The molecule has 0 spiro atoms. The predicted octanol–water partition coefficient (Wildman–Crippen LogP) is 5.70. The molecule has 0 aromatic heterocycles. The van der Waals surface area contributed by atoms with Crippen LogP contribution in [0.2, 0.25) is 5.04 Å². The van der Waals surface area contributed by atoms with Crippen LogP contribution in [0.25, 0.3) is 0 Å². The first-order valence-corrected chi connectivity index (χ1v) is 14.7. The zero-order valence-corrected chi connectivity index (χ0v) is 23.7. The van der Waals surface area contributed by atoms with E-state index in [4.69, 9.17) is 18.6 Å². The molecule has 0 bridgehead atoms. The molecule has 0 aliphatic carbocycles. The summed E-state index contributed by atoms with van der Waals surface area (Å²) in [5, 5.41) is 2.54. The SMILES string of the molecule is C=CCO[C@](C)(C[C@@H](C)CO[Si](c1ccccc1)(c1ccccc1)C(C)(C)C)[C@H]1COC(C)(C)O1. The summed E-state index contributed by atoms with van der Waals surface area (Å²) in [5.41, 5.74) is -0.504. The lowest BCUT2D eigenvalue weighted by Crippen LogP contribution is -2.67. The molecule has 1 fully saturated rings. The number of ether oxygens (including phenoxy) is 3. The lowest BCUT2D eigenvalue weighted by molar-refractivity contribution is -0.181. The minimum Gasteiger partial charge on any atom is -0.407 e. The van der Waals surface area contributed by atoms with Crippen LogP contribution in [-0.4, -0.2) is 45.6 Å². The fourth-order valence-electron chi connectivity index (χ4n) is 5.30. The van der Waals surface area contributed by atoms with Gasteiger partial charge in [-0.3, -0.25) is 0 Å². The Kier molecular flexibility index (Phi) is 8.82. The van der Waals surface area contributed by atoms with Crippen molar-refractivity contribution in [2.75, 3.05) is 19.8 Å². The first-order valence-electron chi connectivity index (χ1n) is 12.8. The summed E-state index contributed by atoms with van der Waals surface area (Å²) in [6, 6.07) is 21.6. The van der Waals surface area contributed by atoms with Crippen LogP contribution in [0.5, 0.6) is 0 Å². The molecular formula is C30H44O4Si. The summed E-state index contributed by atoms with van der Waals surface area (Å²) in [6.45, 7) is 20.7. The largest absolute Gasteiger partial charge is 0.407 e. The second-order valence-electron chi connectivity index (χ2n) is 11.5. The maximum absolute atomic E-state index is 7.17. The van der Waals surface area contributed by atoms with E-state index in [1.54, 1.807) is 6.08 Å². The van der Waals surface area contributed by atoms with Crippen molar-refractivity contribution in [3.05, 3.63) is 73.3 Å². The van der Waals surface area contributed by atoms with Crippen molar-refractivity contribution < 1.29 is 18.6 Å². The molecule has 0 amide bonds. The first-order chi connectivity index (χ1) is 16.4. The molecule has 3 atom stereocenters. The van der Waals surface area contributed by atoms with Crippen molar-refractivity contribution >= 4 is 18.7 Å². The second-order valence-corrected chi connectivity index (χ2v) is 15.8. The third kappa shape index (κ3) is 6.33. The zero-order valence-electron chi connectivity index (χ0n) is 22.7. The molecule has 4 nitrogen and oxygen atoms in total. The van der Waals surface area contributed by atoms with Gasteiger partial charge < -0.3 is 18.6 Å². The minimum absolute atomic E-state index is 0.0511. The normalized spacial score (nSPS) is 20.8. The van der Waals surface area contributed by atoms with E-state index in [-0.39, 0.29) is 17.1 Å². The van der Waals surface area contributed by atoms with Crippen molar-refractivity contribution in [2.45, 2.75) is 77.4 Å². The molecule has 2 aromatic rings. The summed E-state index contributed by atoms with van der Waals surface area (Å²) in [7, 11) is -2.58. The lowest BCUT2D eigenvalue weighted by atomic mass is 9.88. The molecule has 0 saturated carbocycles. The van der Waals surface area contributed by atoms with Gasteiger partial charge in [0.05, 0.1) is 18.8 Å². The van der Waals surface area contributed by atoms with Crippen molar-refractivity contribution in [2.24, 2.45) is 5.92 Å². The van der Waals surface area contributed by atoms with E-state index >= 15 is 0 Å². The van der Waals surface area contributed by atoms with Gasteiger partial charge in [0.1, 0.15) is 6.10 Å². The van der Waals surface area contributed by atoms with Gasteiger partial charge in [0.15, 0.2) is 5.79 Å². The van der Waals surface area contributed by atoms with E-state index in [0.717, 1.165) is 6.42 Å². The number of hydrogen-bond donors (Lipinski definition) is 0. The van der Waals surface area contributed by atoms with Gasteiger partial charge in [0.25, 0.3) is 8.32 Å². The van der Waals surface area contributed by atoms with E-state index in [9.17, 15) is 0 Å². The van der Waals surface area contributed by atoms with Gasteiger partial charge in [-0.2, -0.15) is 0 Å². The molecule has 3 rings (SSSR count). The van der Waals surface area contributed by atoms with Crippen LogP contribution in [0.1, 0.15) is 54.9 Å². The zero-order chi connectivity index (χ0) is 25.7. The molecule has 1 heterocycles. The number of hydrogen-bond acceptors (Lipinski definition) is 4. The predicted molar refractivity (Wildman–Crippen MR) is 147 cm³/mol. The van der Waals surface area contributed by atoms with Crippen molar-refractivity contribution in [3.8, 4) is 0 Å². The Balaban J connectivity index is 1.88. The van der Waals surface area contributed by atoms with Crippen molar-refractivity contribution in [3.63, 3.8) is 0 Å². The molecule has 1 saturated heterocycles. The van der Waals surface area contributed by atoms with Gasteiger partial charge in [0, 0.05) is 6.61 Å². The molecule has 0 radical (unpaired) electrons. The fourth-order valence-corrected chi connectivity index (χ4v) is 9.99. The van der Waals surface area contributed by atoms with E-state index in [1.807, 2.05) is 13.8 Å². The minimum atomic E-state index is -2.58. The highest BCUT2D eigenvalue weighted by Gasteiger charge is 2.51. The summed E-state index contributed by atoms with van der Waals surface area (Å²) >= 11 is 0. The molecule has 35 heavy (non-hydrogen) atoms. The Labute approximate surface area is 213 Å². The first kappa shape index (κ1) is 27.8. The van der Waals surface area contributed by atoms with E-state index < -0.39 is 19.7 Å². The van der Waals surface area contributed by atoms with E-state index in [2.05, 4.69) is 102 Å². The average molecular weight is 497 g/mol. The van der Waals surface area contributed by atoms with Crippen LogP contribution < -0.4 is 10.4 Å². The van der Waals surface area contributed by atoms with E-state index in [1.165, 1.54) is 10.4 Å². The smallest absolute Gasteiger partial charge is 0.261 e. The maximum atomic E-state index is 7.17. The third-order valence-corrected chi connectivity index (χ3v) is 12.0. The Morgan fingerprint density at radius 1 is 1.03 bits per heavy atom. The van der Waals surface area contributed by atoms with Crippen LogP contribution >= 0.6 is 0 Å². The van der Waals surface area contributed by atoms with Crippen LogP contribution in [-0.2, 0) is 18.6 Å². The van der Waals surface area contributed by atoms with Crippen LogP contribution in [0.3, 0.4) is 0 Å². The average Bonchev–Trinajstić information content (AvgIpc) is 3.19. The lowest BCUT2D eigenvalue weighted by Gasteiger charge is -2.44. The highest BCUT2D eigenvalue weighted by atomic mass is 28.4. The van der Waals surface area contributed by atoms with Gasteiger partial charge in [-0.25, -0.2) is 0 Å². The number of rotatable bonds is 11. The summed E-state index contributed by atoms with van der Waals surface area (Å²) < 4.78 is 25.6. The molecule has 1 aliphatic heterocycles. The van der Waals surface area contributed by atoms with Gasteiger partial charge in [-0.05, 0) is 48.5 Å². The second kappa shape index (κ2) is 11.1. The highest BCUT2D eigenvalue weighted by molar-refractivity contribution is 6.99. The Hall–Kier alpha value is -1.76. The maximum Gasteiger partial charge on any atom is 0.261 e. The van der Waals surface area contributed by atoms with Gasteiger partial charge in [0.2, 0.25) is 0 Å². The standard InChI is InChI=1S/C30H44O4Si/c1-9-20-31-30(8,27-23-32-29(6,7)34-27)21-24(2)22-33-35(28(3,4)5,25-16-12-10-13-17-25)26-18-14-11-15-19-26/h9-19,24,27H,1,20-23H2,2-8H3/t24-,27-,30-/m1/s1. The topological polar surface area (TPSA) is 36.9 Å². The van der Waals surface area contributed by atoms with Gasteiger partial charge >= 0.3 is 0 Å². The fraction of sp³-hybridized carbons (Fsp3) is 0.533. The van der Waals surface area contributed by atoms with Gasteiger partial charge in [-0.15, -0.1) is 6.58 Å². The van der Waals surface area contributed by atoms with Gasteiger partial charge in [-0.1, -0.05) is 94.4 Å². The summed E-state index contributed by atoms with van der Waals surface area (Å²) in [6.07, 6.45) is 2.44. The Bertz CT molecular complexity index is 898. The molecule has 2 aromatic carbocycles. The van der Waals surface area contributed by atoms with Crippen LogP contribution in [0, 0.1) is 5.92 Å². The molecule has 0 N–H and O–H groups in total. The molecule has 192 valence electrons. The van der Waals surface area contributed by atoms with Crippen molar-refractivity contribution in [1.29, 1.82) is 0 Å². The Morgan fingerprint density at radius 3 is 2.00 bits per heavy atom. The molecule has 1 aliphatic rings. The van der Waals surface area contributed by atoms with Crippen LogP contribution in [0.15, 0.2) is 73.3 Å². The highest BCUT2D eigenvalue weighted by Crippen LogP contribution is 2.39. The van der Waals surface area contributed by atoms with E-state index in [0.29, 0.717) is 19.8 Å². The summed E-state index contributed by atoms with van der Waals surface area (Å²) in [5.74, 6) is -0.350. The third-order valence-electron chi connectivity index (χ3n) is 6.98. The quantitative estimate of drug-likeness (QED) is 0.295. The molecule has 5 heteroatoms. The molecule has 0 unspecified atom stereocenters. The molecular weight excluding hydrogens is 452 g/mol. The number of benzene rings is 2. The van der Waals surface area contributed by atoms with Crippen LogP contribution in [0.4, 0.5) is 0 Å².